The van der Waals surface area contributed by atoms with Gasteiger partial charge >= 0.3 is 0 Å². The molecule has 2 aliphatic rings. The van der Waals surface area contributed by atoms with E-state index in [2.05, 4.69) is 21.6 Å². The molecule has 10 nitrogen and oxygen atoms in total. The molecule has 3 heterocycles. The third-order valence-corrected chi connectivity index (χ3v) is 8.59. The summed E-state index contributed by atoms with van der Waals surface area (Å²) in [5, 5.41) is 22.3. The Morgan fingerprint density at radius 2 is 2.18 bits per heavy atom. The second kappa shape index (κ2) is 11.1. The van der Waals surface area contributed by atoms with Crippen molar-refractivity contribution in [3.8, 4) is 11.8 Å². The van der Waals surface area contributed by atoms with Crippen molar-refractivity contribution < 1.29 is 18.7 Å². The number of allylic oxidation sites excluding steroid dienone is 3. The molecule has 1 amide bonds. The van der Waals surface area contributed by atoms with Crippen LogP contribution >= 0.6 is 34.7 Å². The number of rotatable bonds is 7. The zero-order valence-electron chi connectivity index (χ0n) is 21.0. The van der Waals surface area contributed by atoms with Crippen LogP contribution in [0.25, 0.3) is 0 Å². The van der Waals surface area contributed by atoms with Gasteiger partial charge < -0.3 is 20.2 Å². The molecule has 0 bridgehead atoms. The summed E-state index contributed by atoms with van der Waals surface area (Å²) in [6.45, 7) is 1.81. The maximum absolute atomic E-state index is 13.2. The minimum absolute atomic E-state index is 0.0484. The molecule has 0 fully saturated rings. The van der Waals surface area contributed by atoms with Gasteiger partial charge in [-0.3, -0.25) is 14.5 Å². The van der Waals surface area contributed by atoms with Gasteiger partial charge in [-0.25, -0.2) is 0 Å². The van der Waals surface area contributed by atoms with Crippen molar-refractivity contribution in [2.45, 2.75) is 36.4 Å². The molecule has 0 spiro atoms. The number of carbonyl (C=O) groups is 2. The van der Waals surface area contributed by atoms with Gasteiger partial charge in [-0.2, -0.15) is 5.26 Å². The molecule has 1 aliphatic heterocycles. The average molecular weight is 583 g/mol. The Balaban J connectivity index is 1.39. The van der Waals surface area contributed by atoms with Crippen LogP contribution in [0.3, 0.4) is 0 Å². The molecule has 1 atom stereocenters. The van der Waals surface area contributed by atoms with Crippen molar-refractivity contribution in [1.29, 1.82) is 5.26 Å². The maximum atomic E-state index is 13.2. The topological polar surface area (TPSA) is 147 Å². The van der Waals surface area contributed by atoms with Gasteiger partial charge in [-0.05, 0) is 50.1 Å². The van der Waals surface area contributed by atoms with Gasteiger partial charge in [0.2, 0.25) is 11.0 Å². The molecule has 1 unspecified atom stereocenters. The molecule has 1 aromatic carbocycles. The van der Waals surface area contributed by atoms with E-state index >= 15 is 0 Å². The maximum Gasteiger partial charge on any atom is 0.234 e. The lowest BCUT2D eigenvalue weighted by atomic mass is 9.78. The number of aromatic nitrogens is 2. The normalized spacial score (nSPS) is 17.2. The Hall–Kier alpha value is -3.79. The average Bonchev–Trinajstić information content (AvgIpc) is 3.56. The highest BCUT2D eigenvalue weighted by Gasteiger charge is 2.42. The van der Waals surface area contributed by atoms with E-state index in [9.17, 15) is 14.9 Å². The quantitative estimate of drug-likeness (QED) is 0.359. The van der Waals surface area contributed by atoms with Crippen molar-refractivity contribution in [3.63, 3.8) is 0 Å². The van der Waals surface area contributed by atoms with Crippen LogP contribution in [-0.4, -0.2) is 34.8 Å². The fourth-order valence-electron chi connectivity index (χ4n) is 4.64. The number of Topliss-reactive ketones (excluding diaryl/α,β-unsaturated/α-hetero) is 1. The summed E-state index contributed by atoms with van der Waals surface area (Å²) in [5.74, 6) is 0.924. The van der Waals surface area contributed by atoms with Crippen molar-refractivity contribution in [1.82, 2.24) is 10.2 Å². The number of carbonyl (C=O) groups excluding carboxylic acids is 2. The zero-order chi connectivity index (χ0) is 27.7. The first-order valence-corrected chi connectivity index (χ1v) is 14.1. The number of ether oxygens (including phenoxy) is 1. The Labute approximate surface area is 237 Å². The zero-order valence-corrected chi connectivity index (χ0v) is 23.4. The van der Waals surface area contributed by atoms with E-state index in [0.717, 1.165) is 0 Å². The van der Waals surface area contributed by atoms with E-state index in [4.69, 9.17) is 26.5 Å². The number of hydrogen-bond acceptors (Lipinski definition) is 11. The van der Waals surface area contributed by atoms with Gasteiger partial charge in [0.05, 0.1) is 36.1 Å². The lowest BCUT2D eigenvalue weighted by Crippen LogP contribution is -2.38. The number of nitrogens with one attached hydrogen (secondary N) is 1. The number of nitrogens with zero attached hydrogens (tertiary/aromatic N) is 4. The van der Waals surface area contributed by atoms with Gasteiger partial charge in [0.25, 0.3) is 0 Å². The number of hydrogen-bond donors (Lipinski definition) is 2. The van der Waals surface area contributed by atoms with Crippen LogP contribution in [0.2, 0.25) is 5.02 Å². The van der Waals surface area contributed by atoms with E-state index in [1.165, 1.54) is 30.2 Å². The summed E-state index contributed by atoms with van der Waals surface area (Å²) in [4.78, 5) is 27.4. The summed E-state index contributed by atoms with van der Waals surface area (Å²) >= 11 is 8.47. The van der Waals surface area contributed by atoms with Gasteiger partial charge in [0.1, 0.15) is 23.1 Å². The minimum Gasteiger partial charge on any atom is -0.495 e. The van der Waals surface area contributed by atoms with Crippen LogP contribution in [0, 0.1) is 18.3 Å². The van der Waals surface area contributed by atoms with Crippen molar-refractivity contribution >= 4 is 57.2 Å². The summed E-state index contributed by atoms with van der Waals surface area (Å²) in [6, 6.07) is 10.7. The summed E-state index contributed by atoms with van der Waals surface area (Å²) in [5.41, 5.74) is 8.43. The molecule has 39 heavy (non-hydrogen) atoms. The number of aryl methyl sites for hydroxylation is 1. The largest absolute Gasteiger partial charge is 0.495 e. The summed E-state index contributed by atoms with van der Waals surface area (Å²) in [6.07, 6.45) is 1.62. The van der Waals surface area contributed by atoms with Crippen LogP contribution in [0.5, 0.6) is 5.75 Å². The molecule has 2 aromatic heterocycles. The lowest BCUT2D eigenvalue weighted by Gasteiger charge is -2.37. The number of methoxy groups -OCH3 is 1. The minimum atomic E-state index is -0.670. The molecule has 3 aromatic rings. The Kier molecular flexibility index (Phi) is 7.65. The van der Waals surface area contributed by atoms with Gasteiger partial charge in [0.15, 0.2) is 10.1 Å². The number of amides is 1. The second-order valence-electron chi connectivity index (χ2n) is 8.80. The highest BCUT2D eigenvalue weighted by atomic mass is 35.5. The van der Waals surface area contributed by atoms with E-state index in [1.54, 1.807) is 35.2 Å². The highest BCUT2D eigenvalue weighted by Crippen LogP contribution is 2.47. The molecule has 0 saturated heterocycles. The van der Waals surface area contributed by atoms with Gasteiger partial charge in [0, 0.05) is 22.7 Å². The summed E-state index contributed by atoms with van der Waals surface area (Å²) < 4.78 is 11.6. The number of nitriles is 1. The molecule has 13 heteroatoms. The van der Waals surface area contributed by atoms with Crippen LogP contribution in [0.1, 0.15) is 36.7 Å². The Morgan fingerprint density at radius 1 is 1.36 bits per heavy atom. The number of benzene rings is 1. The molecular formula is C26H23ClN6O4S2. The molecule has 3 N–H and O–H groups in total. The molecule has 200 valence electrons. The predicted octanol–water partition coefficient (Wildman–Crippen LogP) is 5.14. The Morgan fingerprint density at radius 3 is 2.90 bits per heavy atom. The van der Waals surface area contributed by atoms with E-state index in [-0.39, 0.29) is 28.8 Å². The SMILES string of the molecule is COc1ccc(Cl)cc1NC(=O)CSc1nnc(N2C(N)=C(C#N)C(c3ccc(C)o3)C3=C2CCCC3=O)s1. The van der Waals surface area contributed by atoms with Crippen LogP contribution < -0.4 is 20.7 Å². The van der Waals surface area contributed by atoms with Crippen LogP contribution in [0.4, 0.5) is 10.8 Å². The first-order valence-electron chi connectivity index (χ1n) is 11.9. The van der Waals surface area contributed by atoms with Crippen LogP contribution in [-0.2, 0) is 9.59 Å². The molecule has 1 aliphatic carbocycles. The van der Waals surface area contributed by atoms with E-state index in [0.29, 0.717) is 68.0 Å². The standard InChI is InChI=1S/C26H23ClN6O4S2/c1-13-6-8-20(37-13)22-15(11-28)24(29)33(17-4-3-5-18(34)23(17)22)25-31-32-26(39-25)38-12-21(35)30-16-10-14(27)7-9-19(16)36-2/h6-10,22H,3-5,12,29H2,1-2H3,(H,30,35). The van der Waals surface area contributed by atoms with Crippen LogP contribution in [0.15, 0.2) is 61.8 Å². The van der Waals surface area contributed by atoms with Gasteiger partial charge in [-0.15, -0.1) is 10.2 Å². The number of nitrogens with two attached hydrogens (primary N) is 1. The smallest absolute Gasteiger partial charge is 0.234 e. The number of anilines is 2. The summed E-state index contributed by atoms with van der Waals surface area (Å²) in [7, 11) is 1.51. The monoisotopic (exact) mass is 582 g/mol. The van der Waals surface area contributed by atoms with Crippen molar-refractivity contribution in [2.75, 3.05) is 23.1 Å². The molecule has 0 radical (unpaired) electrons. The third kappa shape index (κ3) is 5.25. The fraction of sp³-hybridized carbons (Fsp3) is 0.269. The first-order chi connectivity index (χ1) is 18.8. The fourth-order valence-corrected chi connectivity index (χ4v) is 6.49. The molecule has 5 rings (SSSR count). The second-order valence-corrected chi connectivity index (χ2v) is 11.4. The van der Waals surface area contributed by atoms with E-state index in [1.807, 2.05) is 6.92 Å². The number of ketones is 1. The number of furan rings is 1. The first kappa shape index (κ1) is 26.8. The predicted molar refractivity (Wildman–Crippen MR) is 149 cm³/mol. The van der Waals surface area contributed by atoms with Crippen molar-refractivity contribution in [2.24, 2.45) is 5.73 Å². The Bertz CT molecular complexity index is 1570. The van der Waals surface area contributed by atoms with E-state index < -0.39 is 5.92 Å². The highest BCUT2D eigenvalue weighted by molar-refractivity contribution is 8.01. The number of thioether (sulfide) groups is 1. The lowest BCUT2D eigenvalue weighted by molar-refractivity contribution is -0.116. The molecule has 0 saturated carbocycles. The van der Waals surface area contributed by atoms with Crippen molar-refractivity contribution in [3.05, 3.63) is 69.5 Å². The number of halogens is 1. The third-order valence-electron chi connectivity index (χ3n) is 6.31. The molecular weight excluding hydrogens is 560 g/mol. The van der Waals surface area contributed by atoms with Gasteiger partial charge in [-0.1, -0.05) is 34.7 Å².